The van der Waals surface area contributed by atoms with Gasteiger partial charge >= 0.3 is 5.97 Å². The maximum Gasteiger partial charge on any atom is 0.306 e. The molecule has 0 saturated carbocycles. The number of hydrogen-bond acceptors (Lipinski definition) is 4. The van der Waals surface area contributed by atoms with Crippen molar-refractivity contribution in [2.45, 2.75) is 26.7 Å². The van der Waals surface area contributed by atoms with Gasteiger partial charge in [-0.25, -0.2) is 0 Å². The number of halogens is 2. The molecule has 148 valence electrons. The summed E-state index contributed by atoms with van der Waals surface area (Å²) >= 11 is 9.35. The summed E-state index contributed by atoms with van der Waals surface area (Å²) in [6.45, 7) is 3.29. The highest BCUT2D eigenvalue weighted by molar-refractivity contribution is 9.10. The lowest BCUT2D eigenvalue weighted by atomic mass is 10.2. The first-order valence-electron chi connectivity index (χ1n) is 8.52. The Bertz CT molecular complexity index is 902. The maximum absolute atomic E-state index is 12.0. The highest BCUT2D eigenvalue weighted by Gasteiger charge is 2.12. The van der Waals surface area contributed by atoms with E-state index in [1.807, 2.05) is 26.0 Å². The molecule has 0 aliphatic carbocycles. The number of esters is 1. The standard InChI is InChI=1S/C20H20BrClN2O4/c1-12-3-5-15(10-16(12)22)23-19(26)11-28-20(27)8-7-18(25)24-17-6-4-14(21)9-13(17)2/h3-6,9-10H,7-8,11H2,1-2H3,(H,23,26)(H,24,25). The Balaban J connectivity index is 1.72. The number of nitrogens with one attached hydrogen (secondary N) is 2. The molecule has 0 aromatic heterocycles. The Morgan fingerprint density at radius 1 is 0.964 bits per heavy atom. The molecule has 0 fully saturated rings. The minimum Gasteiger partial charge on any atom is -0.456 e. The fraction of sp³-hybridized carbons (Fsp3) is 0.250. The van der Waals surface area contributed by atoms with Crippen LogP contribution in [0.15, 0.2) is 40.9 Å². The van der Waals surface area contributed by atoms with Crippen LogP contribution in [0.5, 0.6) is 0 Å². The molecule has 0 spiro atoms. The Hall–Kier alpha value is -2.38. The second-order valence-corrected chi connectivity index (χ2v) is 7.50. The lowest BCUT2D eigenvalue weighted by molar-refractivity contribution is -0.147. The number of rotatable bonds is 7. The van der Waals surface area contributed by atoms with Gasteiger partial charge in [-0.1, -0.05) is 33.6 Å². The van der Waals surface area contributed by atoms with E-state index in [0.717, 1.165) is 15.6 Å². The number of hydrogen-bond donors (Lipinski definition) is 2. The molecule has 2 rings (SSSR count). The molecule has 28 heavy (non-hydrogen) atoms. The van der Waals surface area contributed by atoms with E-state index in [2.05, 4.69) is 26.6 Å². The van der Waals surface area contributed by atoms with Crippen molar-refractivity contribution >= 4 is 56.7 Å². The van der Waals surface area contributed by atoms with E-state index in [1.54, 1.807) is 24.3 Å². The summed E-state index contributed by atoms with van der Waals surface area (Å²) in [6, 6.07) is 10.6. The fourth-order valence-electron chi connectivity index (χ4n) is 2.28. The van der Waals surface area contributed by atoms with E-state index in [4.69, 9.17) is 16.3 Å². The third kappa shape index (κ3) is 6.98. The summed E-state index contributed by atoms with van der Waals surface area (Å²) in [5, 5.41) is 5.86. The molecular formula is C20H20BrClN2O4. The van der Waals surface area contributed by atoms with Crippen molar-refractivity contribution in [3.8, 4) is 0 Å². The summed E-state index contributed by atoms with van der Waals surface area (Å²) in [6.07, 6.45) is -0.158. The van der Waals surface area contributed by atoms with E-state index < -0.39 is 18.5 Å². The van der Waals surface area contributed by atoms with E-state index in [9.17, 15) is 14.4 Å². The second-order valence-electron chi connectivity index (χ2n) is 6.18. The van der Waals surface area contributed by atoms with Crippen molar-refractivity contribution in [3.63, 3.8) is 0 Å². The smallest absolute Gasteiger partial charge is 0.306 e. The van der Waals surface area contributed by atoms with Crippen LogP contribution in [-0.2, 0) is 19.1 Å². The van der Waals surface area contributed by atoms with Gasteiger partial charge in [0, 0.05) is 27.3 Å². The Labute approximate surface area is 176 Å². The van der Waals surface area contributed by atoms with Gasteiger partial charge in [0.15, 0.2) is 6.61 Å². The minimum atomic E-state index is -0.625. The molecule has 0 saturated heterocycles. The summed E-state index contributed by atoms with van der Waals surface area (Å²) < 4.78 is 5.81. The van der Waals surface area contributed by atoms with Crippen LogP contribution in [0, 0.1) is 13.8 Å². The van der Waals surface area contributed by atoms with Gasteiger partial charge in [0.05, 0.1) is 6.42 Å². The largest absolute Gasteiger partial charge is 0.456 e. The third-order valence-corrected chi connectivity index (χ3v) is 4.74. The molecule has 6 nitrogen and oxygen atoms in total. The average molecular weight is 468 g/mol. The molecule has 2 aromatic carbocycles. The number of amides is 2. The second kappa shape index (κ2) is 10.2. The lowest BCUT2D eigenvalue weighted by Gasteiger charge is -2.09. The molecule has 0 atom stereocenters. The average Bonchev–Trinajstić information content (AvgIpc) is 2.63. The van der Waals surface area contributed by atoms with E-state index >= 15 is 0 Å². The maximum atomic E-state index is 12.0. The molecular weight excluding hydrogens is 448 g/mol. The van der Waals surface area contributed by atoms with Gasteiger partial charge in [0.25, 0.3) is 5.91 Å². The molecule has 0 aliphatic heterocycles. The first-order chi connectivity index (χ1) is 13.2. The summed E-state index contributed by atoms with van der Waals surface area (Å²) in [7, 11) is 0. The number of aryl methyl sites for hydroxylation is 2. The Morgan fingerprint density at radius 2 is 1.71 bits per heavy atom. The van der Waals surface area contributed by atoms with Gasteiger partial charge in [-0.15, -0.1) is 0 Å². The van der Waals surface area contributed by atoms with Crippen molar-refractivity contribution in [2.24, 2.45) is 0 Å². The van der Waals surface area contributed by atoms with Crippen molar-refractivity contribution in [3.05, 3.63) is 57.0 Å². The van der Waals surface area contributed by atoms with Crippen LogP contribution in [-0.4, -0.2) is 24.4 Å². The van der Waals surface area contributed by atoms with Gasteiger partial charge in [0.2, 0.25) is 5.91 Å². The molecule has 0 unspecified atom stereocenters. The predicted octanol–water partition coefficient (Wildman–Crippen LogP) is 4.62. The summed E-state index contributed by atoms with van der Waals surface area (Å²) in [5.41, 5.74) is 2.99. The molecule has 8 heteroatoms. The zero-order chi connectivity index (χ0) is 20.7. The number of carbonyl (C=O) groups excluding carboxylic acids is 3. The Morgan fingerprint density at radius 3 is 2.39 bits per heavy atom. The van der Waals surface area contributed by atoms with Crippen LogP contribution in [0.4, 0.5) is 11.4 Å². The molecule has 0 aliphatic rings. The summed E-state index contributed by atoms with van der Waals surface area (Å²) in [4.78, 5) is 35.6. The third-order valence-electron chi connectivity index (χ3n) is 3.84. The van der Waals surface area contributed by atoms with Crippen LogP contribution in [0.1, 0.15) is 24.0 Å². The zero-order valence-electron chi connectivity index (χ0n) is 15.5. The van der Waals surface area contributed by atoms with E-state index in [0.29, 0.717) is 16.4 Å². The molecule has 2 amide bonds. The highest BCUT2D eigenvalue weighted by Crippen LogP contribution is 2.21. The fourth-order valence-corrected chi connectivity index (χ4v) is 2.94. The molecule has 0 bridgehead atoms. The van der Waals surface area contributed by atoms with Gasteiger partial charge < -0.3 is 15.4 Å². The first-order valence-corrected chi connectivity index (χ1v) is 9.69. The normalized spacial score (nSPS) is 10.3. The van der Waals surface area contributed by atoms with Crippen LogP contribution < -0.4 is 10.6 Å². The highest BCUT2D eigenvalue weighted by atomic mass is 79.9. The van der Waals surface area contributed by atoms with E-state index in [1.165, 1.54) is 0 Å². The zero-order valence-corrected chi connectivity index (χ0v) is 17.8. The van der Waals surface area contributed by atoms with E-state index in [-0.39, 0.29) is 18.7 Å². The first kappa shape index (κ1) is 21.9. The van der Waals surface area contributed by atoms with Gasteiger partial charge in [-0.3, -0.25) is 14.4 Å². The van der Waals surface area contributed by atoms with Crippen LogP contribution in [0.2, 0.25) is 5.02 Å². The quantitative estimate of drug-likeness (QED) is 0.582. The van der Waals surface area contributed by atoms with Crippen molar-refractivity contribution < 1.29 is 19.1 Å². The number of ether oxygens (including phenoxy) is 1. The molecule has 2 N–H and O–H groups in total. The van der Waals surface area contributed by atoms with Gasteiger partial charge in [-0.05, 0) is 55.3 Å². The van der Waals surface area contributed by atoms with Crippen molar-refractivity contribution in [1.82, 2.24) is 0 Å². The number of anilines is 2. The number of carbonyl (C=O) groups is 3. The Kier molecular flexibility index (Phi) is 8.02. The van der Waals surface area contributed by atoms with Crippen molar-refractivity contribution in [1.29, 1.82) is 0 Å². The molecule has 2 aromatic rings. The predicted molar refractivity (Wildman–Crippen MR) is 113 cm³/mol. The van der Waals surface area contributed by atoms with Crippen LogP contribution in [0.25, 0.3) is 0 Å². The minimum absolute atomic E-state index is 0.0382. The van der Waals surface area contributed by atoms with Gasteiger partial charge in [-0.2, -0.15) is 0 Å². The summed E-state index contributed by atoms with van der Waals surface area (Å²) in [5.74, 6) is -1.41. The molecule has 0 radical (unpaired) electrons. The van der Waals surface area contributed by atoms with Crippen LogP contribution in [0.3, 0.4) is 0 Å². The van der Waals surface area contributed by atoms with Crippen molar-refractivity contribution in [2.75, 3.05) is 17.2 Å². The van der Waals surface area contributed by atoms with Gasteiger partial charge in [0.1, 0.15) is 0 Å². The number of benzene rings is 2. The SMILES string of the molecule is Cc1ccc(NC(=O)COC(=O)CCC(=O)Nc2ccc(Br)cc2C)cc1Cl. The lowest BCUT2D eigenvalue weighted by Crippen LogP contribution is -2.21. The monoisotopic (exact) mass is 466 g/mol. The topological polar surface area (TPSA) is 84.5 Å². The molecule has 0 heterocycles. The van der Waals surface area contributed by atoms with Crippen LogP contribution >= 0.6 is 27.5 Å².